The number of benzene rings is 1. The van der Waals surface area contributed by atoms with Gasteiger partial charge in [0.05, 0.1) is 23.3 Å². The maximum atomic E-state index is 11.1. The van der Waals surface area contributed by atoms with E-state index in [1.54, 1.807) is 31.0 Å². The zero-order valence-electron chi connectivity index (χ0n) is 12.5. The number of ether oxygens (including phenoxy) is 1. The first-order chi connectivity index (χ1) is 9.93. The van der Waals surface area contributed by atoms with Crippen LogP contribution >= 0.6 is 0 Å². The molecule has 0 bridgehead atoms. The molecule has 0 atom stereocenters. The van der Waals surface area contributed by atoms with Crippen molar-refractivity contribution in [2.45, 2.75) is 20.4 Å². The highest BCUT2D eigenvalue weighted by molar-refractivity contribution is 5.62. The van der Waals surface area contributed by atoms with Gasteiger partial charge >= 0.3 is 0 Å². The van der Waals surface area contributed by atoms with Gasteiger partial charge in [-0.1, -0.05) is 6.07 Å². The van der Waals surface area contributed by atoms with Crippen molar-refractivity contribution >= 4 is 11.4 Å². The molecule has 2 aromatic rings. The highest BCUT2D eigenvalue weighted by atomic mass is 16.6. The lowest BCUT2D eigenvalue weighted by molar-refractivity contribution is -0.384. The van der Waals surface area contributed by atoms with Crippen molar-refractivity contribution in [3.8, 4) is 5.88 Å². The summed E-state index contributed by atoms with van der Waals surface area (Å²) in [6, 6.07) is 5.10. The first-order valence-electron chi connectivity index (χ1n) is 6.49. The fraction of sp³-hybridized carbons (Fsp3) is 0.357. The molecule has 0 amide bonds. The molecule has 0 saturated heterocycles. The molecule has 0 aliphatic heterocycles. The van der Waals surface area contributed by atoms with Crippen LogP contribution in [0.15, 0.2) is 18.2 Å². The molecule has 0 unspecified atom stereocenters. The number of hydrogen-bond acceptors (Lipinski definition) is 5. The SMILES string of the molecule is COc1c(CNc2ccc(C)cc2[N+](=O)[O-])c(C)nn1C. The monoisotopic (exact) mass is 290 g/mol. The van der Waals surface area contributed by atoms with Crippen molar-refractivity contribution in [3.63, 3.8) is 0 Å². The lowest BCUT2D eigenvalue weighted by Gasteiger charge is -2.09. The molecular weight excluding hydrogens is 272 g/mol. The summed E-state index contributed by atoms with van der Waals surface area (Å²) >= 11 is 0. The highest BCUT2D eigenvalue weighted by Crippen LogP contribution is 2.28. The second kappa shape index (κ2) is 5.82. The third-order valence-corrected chi connectivity index (χ3v) is 3.29. The minimum Gasteiger partial charge on any atom is -0.481 e. The average Bonchev–Trinajstić information content (AvgIpc) is 2.70. The van der Waals surface area contributed by atoms with Crippen LogP contribution in [0.1, 0.15) is 16.8 Å². The Kier molecular flexibility index (Phi) is 4.11. The Morgan fingerprint density at radius 3 is 2.76 bits per heavy atom. The van der Waals surface area contributed by atoms with E-state index in [1.165, 1.54) is 0 Å². The molecule has 7 nitrogen and oxygen atoms in total. The van der Waals surface area contributed by atoms with Crippen molar-refractivity contribution in [1.29, 1.82) is 0 Å². The number of rotatable bonds is 5. The van der Waals surface area contributed by atoms with E-state index in [9.17, 15) is 10.1 Å². The molecule has 1 N–H and O–H groups in total. The summed E-state index contributed by atoms with van der Waals surface area (Å²) in [5, 5.41) is 18.5. The van der Waals surface area contributed by atoms with Crippen molar-refractivity contribution in [3.05, 3.63) is 45.1 Å². The van der Waals surface area contributed by atoms with Crippen LogP contribution in [0.5, 0.6) is 5.88 Å². The third-order valence-electron chi connectivity index (χ3n) is 3.29. The maximum absolute atomic E-state index is 11.1. The van der Waals surface area contributed by atoms with Gasteiger partial charge in [-0.05, 0) is 25.5 Å². The molecule has 0 spiro atoms. The number of aryl methyl sites for hydroxylation is 3. The van der Waals surface area contributed by atoms with E-state index in [1.807, 2.05) is 19.9 Å². The Morgan fingerprint density at radius 2 is 2.14 bits per heavy atom. The lowest BCUT2D eigenvalue weighted by atomic mass is 10.2. The predicted octanol–water partition coefficient (Wildman–Crippen LogP) is 2.57. The van der Waals surface area contributed by atoms with Gasteiger partial charge < -0.3 is 10.1 Å². The molecule has 0 aliphatic carbocycles. The van der Waals surface area contributed by atoms with Crippen LogP contribution < -0.4 is 10.1 Å². The van der Waals surface area contributed by atoms with E-state index < -0.39 is 0 Å². The normalized spacial score (nSPS) is 10.5. The van der Waals surface area contributed by atoms with Crippen LogP contribution in [0, 0.1) is 24.0 Å². The molecule has 21 heavy (non-hydrogen) atoms. The first-order valence-corrected chi connectivity index (χ1v) is 6.49. The zero-order chi connectivity index (χ0) is 15.6. The van der Waals surface area contributed by atoms with Crippen molar-refractivity contribution in [1.82, 2.24) is 9.78 Å². The Hall–Kier alpha value is -2.57. The van der Waals surface area contributed by atoms with Crippen LogP contribution in [0.2, 0.25) is 0 Å². The summed E-state index contributed by atoms with van der Waals surface area (Å²) in [5.41, 5.74) is 3.11. The first kappa shape index (κ1) is 14.8. The Balaban J connectivity index is 2.27. The lowest BCUT2D eigenvalue weighted by Crippen LogP contribution is -2.05. The predicted molar refractivity (Wildman–Crippen MR) is 79.7 cm³/mol. The molecule has 0 radical (unpaired) electrons. The number of hydrogen-bond donors (Lipinski definition) is 1. The van der Waals surface area contributed by atoms with E-state index in [4.69, 9.17) is 4.74 Å². The van der Waals surface area contributed by atoms with Gasteiger partial charge in [0.15, 0.2) is 0 Å². The Morgan fingerprint density at radius 1 is 1.43 bits per heavy atom. The molecule has 0 saturated carbocycles. The zero-order valence-corrected chi connectivity index (χ0v) is 12.5. The second-order valence-corrected chi connectivity index (χ2v) is 4.83. The van der Waals surface area contributed by atoms with Gasteiger partial charge in [-0.25, -0.2) is 4.68 Å². The van der Waals surface area contributed by atoms with Crippen LogP contribution in [-0.2, 0) is 13.6 Å². The van der Waals surface area contributed by atoms with Gasteiger partial charge in [-0.15, -0.1) is 0 Å². The molecular formula is C14H18N4O3. The molecule has 0 aliphatic rings. The number of nitro groups is 1. The van der Waals surface area contributed by atoms with Gasteiger partial charge in [0, 0.05) is 19.7 Å². The van der Waals surface area contributed by atoms with E-state index in [2.05, 4.69) is 10.4 Å². The van der Waals surface area contributed by atoms with Crippen molar-refractivity contribution in [2.75, 3.05) is 12.4 Å². The summed E-state index contributed by atoms with van der Waals surface area (Å²) in [6.45, 7) is 4.11. The number of aromatic nitrogens is 2. The minimum atomic E-state index is -0.386. The van der Waals surface area contributed by atoms with Gasteiger partial charge in [-0.2, -0.15) is 5.10 Å². The molecule has 0 fully saturated rings. The minimum absolute atomic E-state index is 0.0653. The molecule has 1 aromatic heterocycles. The number of anilines is 1. The van der Waals surface area contributed by atoms with Gasteiger partial charge in [0.25, 0.3) is 5.69 Å². The number of nitrogens with one attached hydrogen (secondary N) is 1. The molecule has 112 valence electrons. The molecule has 2 rings (SSSR count). The average molecular weight is 290 g/mol. The Labute approximate surface area is 122 Å². The highest BCUT2D eigenvalue weighted by Gasteiger charge is 2.17. The van der Waals surface area contributed by atoms with Crippen molar-refractivity contribution in [2.24, 2.45) is 7.05 Å². The van der Waals surface area contributed by atoms with E-state index in [0.29, 0.717) is 18.1 Å². The van der Waals surface area contributed by atoms with Crippen molar-refractivity contribution < 1.29 is 9.66 Å². The fourth-order valence-corrected chi connectivity index (χ4v) is 2.27. The fourth-order valence-electron chi connectivity index (χ4n) is 2.27. The second-order valence-electron chi connectivity index (χ2n) is 4.83. The summed E-state index contributed by atoms with van der Waals surface area (Å²) in [7, 11) is 3.37. The number of methoxy groups -OCH3 is 1. The summed E-state index contributed by atoms with van der Waals surface area (Å²) in [6.07, 6.45) is 0. The maximum Gasteiger partial charge on any atom is 0.292 e. The summed E-state index contributed by atoms with van der Waals surface area (Å²) in [5.74, 6) is 0.648. The molecule has 7 heteroatoms. The molecule has 1 heterocycles. The third kappa shape index (κ3) is 2.96. The largest absolute Gasteiger partial charge is 0.481 e. The van der Waals surface area contributed by atoms with Gasteiger partial charge in [-0.3, -0.25) is 10.1 Å². The van der Waals surface area contributed by atoms with E-state index in [-0.39, 0.29) is 10.6 Å². The standard InChI is InChI=1S/C14H18N4O3/c1-9-5-6-12(13(7-9)18(19)20)15-8-11-10(2)16-17(3)14(11)21-4/h5-7,15H,8H2,1-4H3. The van der Waals surface area contributed by atoms with Gasteiger partial charge in [0.2, 0.25) is 5.88 Å². The van der Waals surface area contributed by atoms with E-state index in [0.717, 1.165) is 16.8 Å². The Bertz CT molecular complexity index is 679. The smallest absolute Gasteiger partial charge is 0.292 e. The number of nitro benzene ring substituents is 1. The van der Waals surface area contributed by atoms with Crippen LogP contribution in [0.3, 0.4) is 0 Å². The summed E-state index contributed by atoms with van der Waals surface area (Å²) < 4.78 is 6.96. The van der Waals surface area contributed by atoms with Crippen LogP contribution in [0.4, 0.5) is 11.4 Å². The van der Waals surface area contributed by atoms with Crippen LogP contribution in [-0.4, -0.2) is 21.8 Å². The quantitative estimate of drug-likeness (QED) is 0.676. The van der Waals surface area contributed by atoms with Gasteiger partial charge in [0.1, 0.15) is 5.69 Å². The number of nitrogens with zero attached hydrogens (tertiary/aromatic N) is 3. The summed E-state index contributed by atoms with van der Waals surface area (Å²) in [4.78, 5) is 10.7. The molecule has 1 aromatic carbocycles. The van der Waals surface area contributed by atoms with Crippen LogP contribution in [0.25, 0.3) is 0 Å². The topological polar surface area (TPSA) is 82.2 Å². The van der Waals surface area contributed by atoms with E-state index >= 15 is 0 Å².